The van der Waals surface area contributed by atoms with Crippen molar-refractivity contribution in [3.8, 4) is 0 Å². The van der Waals surface area contributed by atoms with Crippen LogP contribution < -0.4 is 0 Å². The molecule has 0 fully saturated rings. The van der Waals surface area contributed by atoms with Crippen LogP contribution in [-0.4, -0.2) is 0 Å². The molecule has 0 saturated carbocycles. The molecular formula is C12H19. The van der Waals surface area contributed by atoms with Crippen molar-refractivity contribution >= 4 is 0 Å². The Kier molecular flexibility index (Phi) is 4.82. The molecule has 1 atom stereocenters. The van der Waals surface area contributed by atoms with Crippen molar-refractivity contribution in [1.82, 2.24) is 0 Å². The Bertz CT molecular complexity index is 153. The van der Waals surface area contributed by atoms with Crippen molar-refractivity contribution in [2.24, 2.45) is 5.92 Å². The van der Waals surface area contributed by atoms with Crippen LogP contribution in [0.15, 0.2) is 18.2 Å². The third-order valence-electron chi connectivity index (χ3n) is 2.43. The molecule has 0 heterocycles. The van der Waals surface area contributed by atoms with Gasteiger partial charge < -0.3 is 0 Å². The number of rotatable bonds is 1. The molecule has 0 aromatic carbocycles. The first-order valence-electron chi connectivity index (χ1n) is 5.15. The van der Waals surface area contributed by atoms with Crippen LogP contribution in [0.4, 0.5) is 0 Å². The molecule has 0 heteroatoms. The lowest BCUT2D eigenvalue weighted by Crippen LogP contribution is -1.92. The first-order chi connectivity index (χ1) is 5.93. The van der Waals surface area contributed by atoms with Gasteiger partial charge in [-0.15, -0.1) is 0 Å². The normalized spacial score (nSPS) is 30.9. The second-order valence-electron chi connectivity index (χ2n) is 3.49. The molecule has 0 aliphatic heterocycles. The fourth-order valence-electron chi connectivity index (χ4n) is 1.48. The summed E-state index contributed by atoms with van der Waals surface area (Å²) in [5.41, 5.74) is 0. The third-order valence-corrected chi connectivity index (χ3v) is 2.43. The van der Waals surface area contributed by atoms with Gasteiger partial charge in [-0.3, -0.25) is 0 Å². The molecular weight excluding hydrogens is 144 g/mol. The van der Waals surface area contributed by atoms with Gasteiger partial charge in [-0.25, -0.2) is 0 Å². The third kappa shape index (κ3) is 3.75. The minimum absolute atomic E-state index is 0.736. The zero-order chi connectivity index (χ0) is 8.65. The summed E-state index contributed by atoms with van der Waals surface area (Å²) < 4.78 is 0. The van der Waals surface area contributed by atoms with Crippen LogP contribution in [0.3, 0.4) is 0 Å². The average Bonchev–Trinajstić information content (AvgIpc) is 2.14. The van der Waals surface area contributed by atoms with E-state index in [0.717, 1.165) is 12.3 Å². The van der Waals surface area contributed by atoms with E-state index in [1.54, 1.807) is 0 Å². The van der Waals surface area contributed by atoms with Crippen LogP contribution in [0.2, 0.25) is 0 Å². The fraction of sp³-hybridized carbons (Fsp3) is 0.667. The molecule has 1 unspecified atom stereocenters. The SMILES string of the molecule is CCC1/C=[C]\CCCC/C=C\C1. The molecule has 0 nitrogen and oxygen atoms in total. The maximum atomic E-state index is 3.40. The van der Waals surface area contributed by atoms with Gasteiger partial charge in [-0.1, -0.05) is 25.2 Å². The van der Waals surface area contributed by atoms with Crippen molar-refractivity contribution in [3.63, 3.8) is 0 Å². The van der Waals surface area contributed by atoms with Crippen LogP contribution in [0.5, 0.6) is 0 Å². The lowest BCUT2D eigenvalue weighted by Gasteiger charge is -2.07. The highest BCUT2D eigenvalue weighted by Crippen LogP contribution is 2.14. The average molecular weight is 163 g/mol. The van der Waals surface area contributed by atoms with Gasteiger partial charge in [0, 0.05) is 0 Å². The van der Waals surface area contributed by atoms with Crippen LogP contribution in [0.25, 0.3) is 0 Å². The summed E-state index contributed by atoms with van der Waals surface area (Å²) in [6.07, 6.45) is 17.8. The minimum Gasteiger partial charge on any atom is -0.0885 e. The van der Waals surface area contributed by atoms with E-state index >= 15 is 0 Å². The molecule has 0 aromatic heterocycles. The van der Waals surface area contributed by atoms with Gasteiger partial charge in [0.05, 0.1) is 0 Å². The second-order valence-corrected chi connectivity index (χ2v) is 3.49. The first-order valence-corrected chi connectivity index (χ1v) is 5.15. The fourth-order valence-corrected chi connectivity index (χ4v) is 1.48. The van der Waals surface area contributed by atoms with Gasteiger partial charge in [-0.05, 0) is 50.5 Å². The predicted octanol–water partition coefficient (Wildman–Crippen LogP) is 3.89. The summed E-state index contributed by atoms with van der Waals surface area (Å²) in [6, 6.07) is 0. The molecule has 12 heavy (non-hydrogen) atoms. The van der Waals surface area contributed by atoms with Crippen LogP contribution in [-0.2, 0) is 0 Å². The Balaban J connectivity index is 2.40. The monoisotopic (exact) mass is 163 g/mol. The molecule has 1 aliphatic carbocycles. The molecule has 0 N–H and O–H groups in total. The Morgan fingerprint density at radius 1 is 1.33 bits per heavy atom. The number of hydrogen-bond donors (Lipinski definition) is 0. The van der Waals surface area contributed by atoms with Crippen molar-refractivity contribution in [2.45, 2.75) is 45.4 Å². The van der Waals surface area contributed by atoms with E-state index in [1.807, 2.05) is 0 Å². The Labute approximate surface area is 76.4 Å². The highest BCUT2D eigenvalue weighted by molar-refractivity contribution is 4.91. The van der Waals surface area contributed by atoms with E-state index in [9.17, 15) is 0 Å². The highest BCUT2D eigenvalue weighted by atomic mass is 14.0. The molecule has 1 rings (SSSR count). The van der Waals surface area contributed by atoms with E-state index in [1.165, 1.54) is 32.1 Å². The van der Waals surface area contributed by atoms with Crippen LogP contribution >= 0.6 is 0 Å². The maximum Gasteiger partial charge on any atom is -0.0196 e. The smallest absolute Gasteiger partial charge is 0.0196 e. The largest absolute Gasteiger partial charge is 0.0885 e. The molecule has 0 bridgehead atoms. The van der Waals surface area contributed by atoms with Crippen molar-refractivity contribution in [3.05, 3.63) is 24.3 Å². The molecule has 67 valence electrons. The summed E-state index contributed by atoms with van der Waals surface area (Å²) in [5, 5.41) is 0. The molecule has 1 aliphatic rings. The van der Waals surface area contributed by atoms with Gasteiger partial charge in [0.1, 0.15) is 0 Å². The molecule has 0 aromatic rings. The summed E-state index contributed by atoms with van der Waals surface area (Å²) in [4.78, 5) is 0. The van der Waals surface area contributed by atoms with Gasteiger partial charge >= 0.3 is 0 Å². The molecule has 1 radical (unpaired) electrons. The molecule has 0 saturated heterocycles. The lowest BCUT2D eigenvalue weighted by atomic mass is 9.99. The second kappa shape index (κ2) is 6.05. The first kappa shape index (κ1) is 9.57. The molecule has 0 spiro atoms. The summed E-state index contributed by atoms with van der Waals surface area (Å²) in [7, 11) is 0. The molecule has 0 amide bonds. The Morgan fingerprint density at radius 2 is 2.25 bits per heavy atom. The van der Waals surface area contributed by atoms with E-state index in [4.69, 9.17) is 0 Å². The quantitative estimate of drug-likeness (QED) is 0.514. The standard InChI is InChI=1S/C12H19/c1-2-12-10-8-6-4-3-5-7-9-11-12/h6,8,11-12H,2-5,7,10H2,1H3/b8-6-,11-9?. The van der Waals surface area contributed by atoms with E-state index in [0.29, 0.717) is 0 Å². The van der Waals surface area contributed by atoms with Gasteiger partial charge in [0.15, 0.2) is 0 Å². The summed E-state index contributed by atoms with van der Waals surface area (Å²) in [5.74, 6) is 0.736. The zero-order valence-electron chi connectivity index (χ0n) is 8.05. The van der Waals surface area contributed by atoms with Crippen molar-refractivity contribution in [1.29, 1.82) is 0 Å². The number of allylic oxidation sites excluding steroid dienone is 4. The van der Waals surface area contributed by atoms with Crippen molar-refractivity contribution in [2.75, 3.05) is 0 Å². The Morgan fingerprint density at radius 3 is 3.08 bits per heavy atom. The predicted molar refractivity (Wildman–Crippen MR) is 53.8 cm³/mol. The maximum absolute atomic E-state index is 3.40. The number of hydrogen-bond acceptors (Lipinski definition) is 0. The van der Waals surface area contributed by atoms with Gasteiger partial charge in [0.25, 0.3) is 0 Å². The van der Waals surface area contributed by atoms with E-state index in [-0.39, 0.29) is 0 Å². The highest BCUT2D eigenvalue weighted by Gasteiger charge is 1.99. The minimum atomic E-state index is 0.736. The van der Waals surface area contributed by atoms with Crippen molar-refractivity contribution < 1.29 is 0 Å². The van der Waals surface area contributed by atoms with Gasteiger partial charge in [-0.2, -0.15) is 0 Å². The van der Waals surface area contributed by atoms with E-state index < -0.39 is 0 Å². The lowest BCUT2D eigenvalue weighted by molar-refractivity contribution is 0.624. The van der Waals surface area contributed by atoms with E-state index in [2.05, 4.69) is 31.2 Å². The topological polar surface area (TPSA) is 0 Å². The zero-order valence-corrected chi connectivity index (χ0v) is 8.05. The summed E-state index contributed by atoms with van der Waals surface area (Å²) >= 11 is 0. The Hall–Kier alpha value is -0.520. The van der Waals surface area contributed by atoms with Gasteiger partial charge in [0.2, 0.25) is 0 Å². The summed E-state index contributed by atoms with van der Waals surface area (Å²) in [6.45, 7) is 2.25. The van der Waals surface area contributed by atoms with Crippen LogP contribution in [0.1, 0.15) is 45.4 Å². The van der Waals surface area contributed by atoms with Crippen LogP contribution in [0, 0.1) is 12.0 Å².